The van der Waals surface area contributed by atoms with Crippen molar-refractivity contribution < 1.29 is 4.79 Å². The lowest BCUT2D eigenvalue weighted by Gasteiger charge is -2.39. The minimum absolute atomic E-state index is 0.0966. The Morgan fingerprint density at radius 1 is 0.933 bits per heavy atom. The minimum Gasteiger partial charge on any atom is -0.334 e. The molecule has 5 rings (SSSR count). The monoisotopic (exact) mass is 417 g/mol. The number of fused-ring (bicyclic) bond motifs is 1. The summed E-state index contributed by atoms with van der Waals surface area (Å²) in [5.41, 5.74) is 3.34. The first-order valence-corrected chi connectivity index (χ1v) is 9.82. The van der Waals surface area contributed by atoms with Crippen molar-refractivity contribution in [3.05, 3.63) is 87.9 Å². The van der Waals surface area contributed by atoms with E-state index in [1.54, 1.807) is 53.7 Å². The number of hydrogen-bond acceptors (Lipinski definition) is 5. The topological polar surface area (TPSA) is 81.0 Å². The number of nitrogens with zero attached hydrogens (tertiary/aromatic N) is 5. The number of benzene rings is 2. The molecule has 4 aromatic rings. The molecule has 2 aromatic heterocycles. The first kappa shape index (κ1) is 18.4. The Morgan fingerprint density at radius 2 is 1.67 bits per heavy atom. The molecule has 0 unspecified atom stereocenters. The van der Waals surface area contributed by atoms with Crippen LogP contribution in [0.15, 0.2) is 71.8 Å². The molecule has 1 aliphatic heterocycles. The Morgan fingerprint density at radius 3 is 2.43 bits per heavy atom. The van der Waals surface area contributed by atoms with Gasteiger partial charge >= 0.3 is 0 Å². The summed E-state index contributed by atoms with van der Waals surface area (Å²) < 4.78 is 1.46. The number of hydrogen-bond donors (Lipinski definition) is 0. The molecule has 148 valence electrons. The second kappa shape index (κ2) is 7.35. The molecule has 0 spiro atoms. The third-order valence-electron chi connectivity index (χ3n) is 5.18. The quantitative estimate of drug-likeness (QED) is 0.511. The Bertz CT molecular complexity index is 1310. The van der Waals surface area contributed by atoms with Gasteiger partial charge in [0.05, 0.1) is 22.8 Å². The zero-order valence-corrected chi connectivity index (χ0v) is 16.5. The maximum Gasteiger partial charge on any atom is 0.267 e. The summed E-state index contributed by atoms with van der Waals surface area (Å²) >= 11 is 5.95. The van der Waals surface area contributed by atoms with Gasteiger partial charge in [0.15, 0.2) is 0 Å². The molecule has 3 heterocycles. The van der Waals surface area contributed by atoms with Crippen molar-refractivity contribution in [2.75, 3.05) is 13.1 Å². The van der Waals surface area contributed by atoms with Crippen molar-refractivity contribution in [3.8, 4) is 11.3 Å². The minimum atomic E-state index is -0.189. The van der Waals surface area contributed by atoms with Crippen molar-refractivity contribution in [3.63, 3.8) is 0 Å². The normalized spacial score (nSPS) is 14.0. The summed E-state index contributed by atoms with van der Waals surface area (Å²) in [5, 5.41) is 5.15. The van der Waals surface area contributed by atoms with Gasteiger partial charge in [-0.05, 0) is 36.4 Å². The number of amides is 1. The van der Waals surface area contributed by atoms with Crippen LogP contribution in [-0.2, 0) is 0 Å². The van der Waals surface area contributed by atoms with E-state index in [1.807, 2.05) is 12.1 Å². The second-order valence-electron chi connectivity index (χ2n) is 7.13. The zero-order valence-electron chi connectivity index (χ0n) is 15.8. The van der Waals surface area contributed by atoms with Gasteiger partial charge in [-0.3, -0.25) is 19.6 Å². The fraction of sp³-hybridized carbons (Fsp3) is 0.136. The molecule has 30 heavy (non-hydrogen) atoms. The smallest absolute Gasteiger partial charge is 0.267 e. The van der Waals surface area contributed by atoms with Crippen LogP contribution in [0.1, 0.15) is 16.4 Å². The largest absolute Gasteiger partial charge is 0.334 e. The highest BCUT2D eigenvalue weighted by atomic mass is 35.5. The van der Waals surface area contributed by atoms with E-state index in [1.165, 1.54) is 10.7 Å². The van der Waals surface area contributed by atoms with E-state index in [4.69, 9.17) is 11.6 Å². The highest BCUT2D eigenvalue weighted by Crippen LogP contribution is 2.24. The highest BCUT2D eigenvalue weighted by molar-refractivity contribution is 6.30. The van der Waals surface area contributed by atoms with E-state index in [0.717, 1.165) is 11.1 Å². The summed E-state index contributed by atoms with van der Waals surface area (Å²) in [7, 11) is 0. The fourth-order valence-corrected chi connectivity index (χ4v) is 3.64. The molecule has 0 radical (unpaired) electrons. The van der Waals surface area contributed by atoms with Gasteiger partial charge < -0.3 is 4.90 Å². The van der Waals surface area contributed by atoms with Gasteiger partial charge in [-0.25, -0.2) is 4.68 Å². The summed E-state index contributed by atoms with van der Waals surface area (Å²) in [6.07, 6.45) is 3.22. The van der Waals surface area contributed by atoms with Crippen molar-refractivity contribution in [1.82, 2.24) is 24.6 Å². The number of likely N-dealkylation sites (tertiary alicyclic amines) is 1. The van der Waals surface area contributed by atoms with Crippen molar-refractivity contribution in [1.29, 1.82) is 0 Å². The van der Waals surface area contributed by atoms with Gasteiger partial charge in [-0.1, -0.05) is 23.7 Å². The van der Waals surface area contributed by atoms with Gasteiger partial charge in [0, 0.05) is 47.7 Å². The Labute approximate surface area is 176 Å². The Hall–Kier alpha value is -3.58. The lowest BCUT2D eigenvalue weighted by Crippen LogP contribution is -2.53. The number of carbonyl (C=O) groups is 1. The summed E-state index contributed by atoms with van der Waals surface area (Å²) in [4.78, 5) is 35.3. The SMILES string of the molecule is O=C(c1ccc2nccnc2c1)N1CC(n2nc(-c3ccc(Cl)cc3)ccc2=O)C1. The fourth-order valence-electron chi connectivity index (χ4n) is 3.52. The van der Waals surface area contributed by atoms with Crippen LogP contribution in [0.2, 0.25) is 5.02 Å². The molecule has 0 atom stereocenters. The third-order valence-corrected chi connectivity index (χ3v) is 5.43. The van der Waals surface area contributed by atoms with Crippen LogP contribution in [0.25, 0.3) is 22.3 Å². The second-order valence-corrected chi connectivity index (χ2v) is 7.57. The van der Waals surface area contributed by atoms with Gasteiger partial charge in [-0.15, -0.1) is 0 Å². The maximum atomic E-state index is 12.8. The zero-order chi connectivity index (χ0) is 20.7. The lowest BCUT2D eigenvalue weighted by atomic mass is 10.1. The first-order chi connectivity index (χ1) is 14.6. The van der Waals surface area contributed by atoms with Gasteiger partial charge in [0.2, 0.25) is 0 Å². The van der Waals surface area contributed by atoms with Crippen molar-refractivity contribution in [2.45, 2.75) is 6.04 Å². The van der Waals surface area contributed by atoms with Gasteiger partial charge in [-0.2, -0.15) is 5.10 Å². The van der Waals surface area contributed by atoms with E-state index in [2.05, 4.69) is 15.1 Å². The van der Waals surface area contributed by atoms with Gasteiger partial charge in [0.1, 0.15) is 0 Å². The predicted octanol–water partition coefficient (Wildman–Crippen LogP) is 3.20. The maximum absolute atomic E-state index is 12.8. The Balaban J connectivity index is 1.34. The van der Waals surface area contributed by atoms with E-state index < -0.39 is 0 Å². The lowest BCUT2D eigenvalue weighted by molar-refractivity contribution is 0.0493. The van der Waals surface area contributed by atoms with E-state index in [-0.39, 0.29) is 17.5 Å². The van der Waals surface area contributed by atoms with E-state index in [9.17, 15) is 9.59 Å². The molecule has 7 nitrogen and oxygen atoms in total. The first-order valence-electron chi connectivity index (χ1n) is 9.44. The summed E-state index contributed by atoms with van der Waals surface area (Å²) in [6.45, 7) is 0.850. The number of rotatable bonds is 3. The predicted molar refractivity (Wildman–Crippen MR) is 113 cm³/mol. The van der Waals surface area contributed by atoms with Crippen molar-refractivity contribution >= 4 is 28.5 Å². The van der Waals surface area contributed by atoms with E-state index in [0.29, 0.717) is 34.9 Å². The summed E-state index contributed by atoms with van der Waals surface area (Å²) in [5.74, 6) is -0.0966. The van der Waals surface area contributed by atoms with Crippen LogP contribution in [0.5, 0.6) is 0 Å². The highest BCUT2D eigenvalue weighted by Gasteiger charge is 2.34. The van der Waals surface area contributed by atoms with E-state index >= 15 is 0 Å². The molecule has 1 amide bonds. The molecule has 1 saturated heterocycles. The average Bonchev–Trinajstić information content (AvgIpc) is 2.74. The average molecular weight is 418 g/mol. The molecule has 1 fully saturated rings. The van der Waals surface area contributed by atoms with Crippen LogP contribution in [0.4, 0.5) is 0 Å². The van der Waals surface area contributed by atoms with Gasteiger partial charge in [0.25, 0.3) is 11.5 Å². The molecule has 0 saturated carbocycles. The van der Waals surface area contributed by atoms with Crippen LogP contribution < -0.4 is 5.56 Å². The van der Waals surface area contributed by atoms with Crippen LogP contribution in [-0.4, -0.2) is 43.6 Å². The van der Waals surface area contributed by atoms with Crippen LogP contribution in [0.3, 0.4) is 0 Å². The molecule has 1 aliphatic rings. The standard InChI is InChI=1S/C22H16ClN5O2/c23-16-4-1-14(2-5-16)18-7-8-21(29)28(26-18)17-12-27(13-17)22(30)15-3-6-19-20(11-15)25-10-9-24-19/h1-11,17H,12-13H2. The van der Waals surface area contributed by atoms with Crippen molar-refractivity contribution in [2.24, 2.45) is 0 Å². The third kappa shape index (κ3) is 3.33. The molecule has 0 N–H and O–H groups in total. The number of aromatic nitrogens is 4. The Kier molecular flexibility index (Phi) is 4.52. The molecular formula is C22H16ClN5O2. The molecule has 0 aliphatic carbocycles. The molecule has 2 aromatic carbocycles. The summed E-state index contributed by atoms with van der Waals surface area (Å²) in [6, 6.07) is 15.6. The molecular weight excluding hydrogens is 402 g/mol. The van der Waals surface area contributed by atoms with Crippen LogP contribution >= 0.6 is 11.6 Å². The molecule has 0 bridgehead atoms. The number of carbonyl (C=O) groups excluding carboxylic acids is 1. The molecule has 8 heteroatoms. The van der Waals surface area contributed by atoms with Crippen LogP contribution in [0, 0.1) is 0 Å². The number of halogens is 1.